The van der Waals surface area contributed by atoms with Gasteiger partial charge in [-0.1, -0.05) is 13.8 Å². The molecule has 0 spiro atoms. The average Bonchev–Trinajstić information content (AvgIpc) is 2.18. The molecule has 3 nitrogen and oxygen atoms in total. The summed E-state index contributed by atoms with van der Waals surface area (Å²) in [6, 6.07) is 5.38. The van der Waals surface area contributed by atoms with E-state index in [0.29, 0.717) is 0 Å². The second-order valence-electron chi connectivity index (χ2n) is 3.33. The summed E-state index contributed by atoms with van der Waals surface area (Å²) in [5, 5.41) is 8.48. The first-order chi connectivity index (χ1) is 7.04. The molecule has 78 valence electrons. The van der Waals surface area contributed by atoms with Crippen molar-refractivity contribution in [3.05, 3.63) is 29.6 Å². The van der Waals surface area contributed by atoms with Crippen LogP contribution in [0.25, 0.3) is 0 Å². The average molecular weight is 207 g/mol. The van der Waals surface area contributed by atoms with Crippen molar-refractivity contribution in [2.75, 3.05) is 0 Å². The molecule has 0 radical (unpaired) electrons. The molecule has 0 aliphatic rings. The normalized spacial score (nSPS) is 9.80. The molecular weight excluding hydrogens is 197 g/mol. The minimum absolute atomic E-state index is 0.0701. The van der Waals surface area contributed by atoms with Crippen LogP contribution in [0.2, 0.25) is 0 Å². The smallest absolute Gasteiger partial charge is 0.313 e. The molecule has 0 unspecified atom stereocenters. The summed E-state index contributed by atoms with van der Waals surface area (Å²) in [6.07, 6.45) is 0. The quantitative estimate of drug-likeness (QED) is 0.552. The van der Waals surface area contributed by atoms with Crippen molar-refractivity contribution in [1.82, 2.24) is 0 Å². The molecular formula is C11H10FNO2. The van der Waals surface area contributed by atoms with Crippen LogP contribution in [-0.4, -0.2) is 5.97 Å². The van der Waals surface area contributed by atoms with Crippen LogP contribution in [0.4, 0.5) is 4.39 Å². The van der Waals surface area contributed by atoms with Crippen molar-refractivity contribution in [2.24, 2.45) is 5.92 Å². The van der Waals surface area contributed by atoms with Gasteiger partial charge in [0.05, 0.1) is 11.5 Å². The van der Waals surface area contributed by atoms with Gasteiger partial charge in [-0.15, -0.1) is 0 Å². The van der Waals surface area contributed by atoms with Crippen molar-refractivity contribution in [3.8, 4) is 11.8 Å². The lowest BCUT2D eigenvalue weighted by molar-refractivity contribution is -0.137. The molecule has 0 aliphatic carbocycles. The van der Waals surface area contributed by atoms with E-state index in [1.54, 1.807) is 19.9 Å². The molecule has 0 saturated carbocycles. The monoisotopic (exact) mass is 207 g/mol. The van der Waals surface area contributed by atoms with Gasteiger partial charge in [-0.2, -0.15) is 5.26 Å². The van der Waals surface area contributed by atoms with E-state index in [1.807, 2.05) is 0 Å². The van der Waals surface area contributed by atoms with Crippen LogP contribution < -0.4 is 4.74 Å². The van der Waals surface area contributed by atoms with E-state index in [4.69, 9.17) is 10.00 Å². The Bertz CT molecular complexity index is 421. The van der Waals surface area contributed by atoms with Gasteiger partial charge < -0.3 is 4.74 Å². The van der Waals surface area contributed by atoms with Crippen LogP contribution in [0, 0.1) is 23.1 Å². The Labute approximate surface area is 87.1 Å². The number of carbonyl (C=O) groups is 1. The van der Waals surface area contributed by atoms with Gasteiger partial charge in [0.1, 0.15) is 17.6 Å². The number of nitrogens with zero attached hydrogens (tertiary/aromatic N) is 1. The molecule has 0 fully saturated rings. The maximum Gasteiger partial charge on any atom is 0.313 e. The summed E-state index contributed by atoms with van der Waals surface area (Å²) in [7, 11) is 0. The minimum Gasteiger partial charge on any atom is -0.426 e. The van der Waals surface area contributed by atoms with Crippen molar-refractivity contribution in [2.45, 2.75) is 13.8 Å². The predicted octanol–water partition coefficient (Wildman–Crippen LogP) is 2.26. The summed E-state index contributed by atoms with van der Waals surface area (Å²) < 4.78 is 18.0. The third-order valence-electron chi connectivity index (χ3n) is 1.75. The summed E-state index contributed by atoms with van der Waals surface area (Å²) in [5.41, 5.74) is -0.0701. The second kappa shape index (κ2) is 4.56. The zero-order chi connectivity index (χ0) is 11.4. The standard InChI is InChI=1S/C11H10FNO2/c1-7(2)11(14)15-9-4-3-8(6-13)10(12)5-9/h3-5,7H,1-2H3. The van der Waals surface area contributed by atoms with Gasteiger partial charge in [0, 0.05) is 6.07 Å². The van der Waals surface area contributed by atoms with Gasteiger partial charge in [0.15, 0.2) is 0 Å². The lowest BCUT2D eigenvalue weighted by atomic mass is 10.2. The van der Waals surface area contributed by atoms with Crippen LogP contribution in [0.1, 0.15) is 19.4 Å². The molecule has 0 atom stereocenters. The zero-order valence-corrected chi connectivity index (χ0v) is 8.45. The van der Waals surface area contributed by atoms with Crippen LogP contribution in [0.15, 0.2) is 18.2 Å². The molecule has 0 amide bonds. The van der Waals surface area contributed by atoms with Gasteiger partial charge in [-0.3, -0.25) is 4.79 Å². The number of ether oxygens (including phenoxy) is 1. The Kier molecular flexibility index (Phi) is 3.40. The van der Waals surface area contributed by atoms with Crippen LogP contribution in [0.5, 0.6) is 5.75 Å². The number of hydrogen-bond acceptors (Lipinski definition) is 3. The fourth-order valence-electron chi connectivity index (χ4n) is 0.884. The largest absolute Gasteiger partial charge is 0.426 e. The molecule has 0 N–H and O–H groups in total. The number of benzene rings is 1. The Hall–Kier alpha value is -1.89. The van der Waals surface area contributed by atoms with Crippen molar-refractivity contribution >= 4 is 5.97 Å². The van der Waals surface area contributed by atoms with E-state index >= 15 is 0 Å². The van der Waals surface area contributed by atoms with Gasteiger partial charge in [-0.25, -0.2) is 4.39 Å². The molecule has 1 rings (SSSR count). The topological polar surface area (TPSA) is 50.1 Å². The molecule has 0 heterocycles. The lowest BCUT2D eigenvalue weighted by Gasteiger charge is -2.06. The SMILES string of the molecule is CC(C)C(=O)Oc1ccc(C#N)c(F)c1. The van der Waals surface area contributed by atoms with Crippen molar-refractivity contribution < 1.29 is 13.9 Å². The minimum atomic E-state index is -0.688. The highest BCUT2D eigenvalue weighted by Crippen LogP contribution is 2.17. The van der Waals surface area contributed by atoms with Crippen LogP contribution in [-0.2, 0) is 4.79 Å². The first-order valence-electron chi connectivity index (χ1n) is 4.46. The number of halogens is 1. The highest BCUT2D eigenvalue weighted by atomic mass is 19.1. The molecule has 15 heavy (non-hydrogen) atoms. The molecule has 1 aromatic carbocycles. The maximum atomic E-state index is 13.1. The van der Waals surface area contributed by atoms with E-state index in [2.05, 4.69) is 0 Å². The summed E-state index contributed by atoms with van der Waals surface area (Å²) in [5.74, 6) is -1.28. The third kappa shape index (κ3) is 2.78. The maximum absolute atomic E-state index is 13.1. The summed E-state index contributed by atoms with van der Waals surface area (Å²) >= 11 is 0. The molecule has 0 aliphatic heterocycles. The van der Waals surface area contributed by atoms with Crippen LogP contribution >= 0.6 is 0 Å². The third-order valence-corrected chi connectivity index (χ3v) is 1.75. The first kappa shape index (κ1) is 11.2. The van der Waals surface area contributed by atoms with Crippen molar-refractivity contribution in [3.63, 3.8) is 0 Å². The Morgan fingerprint density at radius 2 is 2.20 bits per heavy atom. The Balaban J connectivity index is 2.86. The van der Waals surface area contributed by atoms with E-state index < -0.39 is 11.8 Å². The number of rotatable bonds is 2. The summed E-state index contributed by atoms with van der Waals surface area (Å²) in [6.45, 7) is 3.37. The second-order valence-corrected chi connectivity index (χ2v) is 3.33. The molecule has 4 heteroatoms. The first-order valence-corrected chi connectivity index (χ1v) is 4.46. The van der Waals surface area contributed by atoms with E-state index in [0.717, 1.165) is 6.07 Å². The fourth-order valence-corrected chi connectivity index (χ4v) is 0.884. The number of carbonyl (C=O) groups excluding carboxylic acids is 1. The Morgan fingerprint density at radius 3 is 2.67 bits per heavy atom. The molecule has 0 saturated heterocycles. The Morgan fingerprint density at radius 1 is 1.53 bits per heavy atom. The van der Waals surface area contributed by atoms with Crippen LogP contribution in [0.3, 0.4) is 0 Å². The number of hydrogen-bond donors (Lipinski definition) is 0. The van der Waals surface area contributed by atoms with Gasteiger partial charge in [0.2, 0.25) is 0 Å². The zero-order valence-electron chi connectivity index (χ0n) is 8.45. The predicted molar refractivity (Wildman–Crippen MR) is 51.6 cm³/mol. The molecule has 0 aromatic heterocycles. The molecule has 0 bridgehead atoms. The summed E-state index contributed by atoms with van der Waals surface area (Å²) in [4.78, 5) is 11.2. The number of esters is 1. The van der Waals surface area contributed by atoms with Gasteiger partial charge >= 0.3 is 5.97 Å². The lowest BCUT2D eigenvalue weighted by Crippen LogP contribution is -2.14. The van der Waals surface area contributed by atoms with E-state index in [-0.39, 0.29) is 17.2 Å². The van der Waals surface area contributed by atoms with Gasteiger partial charge in [0.25, 0.3) is 0 Å². The highest BCUT2D eigenvalue weighted by molar-refractivity contribution is 5.74. The van der Waals surface area contributed by atoms with E-state index in [1.165, 1.54) is 12.1 Å². The van der Waals surface area contributed by atoms with Crippen molar-refractivity contribution in [1.29, 1.82) is 5.26 Å². The fraction of sp³-hybridized carbons (Fsp3) is 0.273. The number of nitriles is 1. The highest BCUT2D eigenvalue weighted by Gasteiger charge is 2.11. The van der Waals surface area contributed by atoms with Gasteiger partial charge in [-0.05, 0) is 12.1 Å². The van der Waals surface area contributed by atoms with E-state index in [9.17, 15) is 9.18 Å². The molecule has 1 aromatic rings.